The number of hydrogen-bond donors (Lipinski definition) is 2. The summed E-state index contributed by atoms with van der Waals surface area (Å²) in [7, 11) is 1.65. The lowest BCUT2D eigenvalue weighted by molar-refractivity contribution is -0.120. The minimum Gasteiger partial charge on any atom is -0.475 e. The van der Waals surface area contributed by atoms with E-state index in [0.29, 0.717) is 18.8 Å². The predicted octanol–water partition coefficient (Wildman–Crippen LogP) is 1.48. The SMILES string of the molecule is CNC(=O)CCCNCc1cccnc1OC(C)C. The summed E-state index contributed by atoms with van der Waals surface area (Å²) in [4.78, 5) is 15.3. The molecule has 1 aromatic heterocycles. The molecule has 0 fully saturated rings. The van der Waals surface area contributed by atoms with Crippen molar-refractivity contribution in [2.24, 2.45) is 0 Å². The minimum atomic E-state index is 0.0759. The number of amides is 1. The van der Waals surface area contributed by atoms with Crippen molar-refractivity contribution in [3.05, 3.63) is 23.9 Å². The van der Waals surface area contributed by atoms with Crippen LogP contribution in [0.3, 0.4) is 0 Å². The summed E-state index contributed by atoms with van der Waals surface area (Å²) < 4.78 is 5.64. The maximum Gasteiger partial charge on any atom is 0.219 e. The molecule has 1 heterocycles. The van der Waals surface area contributed by atoms with Gasteiger partial charge in [-0.2, -0.15) is 0 Å². The third-order valence-corrected chi connectivity index (χ3v) is 2.55. The Balaban J connectivity index is 2.34. The number of carbonyl (C=O) groups excluding carboxylic acids is 1. The first kappa shape index (κ1) is 15.4. The van der Waals surface area contributed by atoms with Crippen LogP contribution in [0.25, 0.3) is 0 Å². The fourth-order valence-electron chi connectivity index (χ4n) is 1.61. The van der Waals surface area contributed by atoms with Crippen LogP contribution in [0.15, 0.2) is 18.3 Å². The number of aromatic nitrogens is 1. The summed E-state index contributed by atoms with van der Waals surface area (Å²) in [5.74, 6) is 0.753. The van der Waals surface area contributed by atoms with Gasteiger partial charge in [-0.15, -0.1) is 0 Å². The number of pyridine rings is 1. The zero-order chi connectivity index (χ0) is 14.1. The van der Waals surface area contributed by atoms with E-state index in [9.17, 15) is 4.79 Å². The highest BCUT2D eigenvalue weighted by Gasteiger charge is 2.06. The first-order valence-corrected chi connectivity index (χ1v) is 6.65. The highest BCUT2D eigenvalue weighted by Crippen LogP contribution is 2.15. The molecule has 1 amide bonds. The van der Waals surface area contributed by atoms with Crippen LogP contribution in [0.4, 0.5) is 0 Å². The van der Waals surface area contributed by atoms with Crippen molar-refractivity contribution < 1.29 is 9.53 Å². The first-order valence-electron chi connectivity index (χ1n) is 6.65. The molecule has 0 aromatic carbocycles. The van der Waals surface area contributed by atoms with Crippen LogP contribution in [0.1, 0.15) is 32.3 Å². The Kier molecular flexibility index (Phi) is 6.89. The molecular weight excluding hydrogens is 242 g/mol. The number of nitrogens with zero attached hydrogens (tertiary/aromatic N) is 1. The van der Waals surface area contributed by atoms with Gasteiger partial charge in [-0.05, 0) is 32.9 Å². The van der Waals surface area contributed by atoms with Crippen LogP contribution >= 0.6 is 0 Å². The van der Waals surface area contributed by atoms with Crippen LogP contribution in [-0.2, 0) is 11.3 Å². The molecule has 0 radical (unpaired) electrons. The molecular formula is C14H23N3O2. The average Bonchev–Trinajstić information content (AvgIpc) is 2.39. The summed E-state index contributed by atoms with van der Waals surface area (Å²) >= 11 is 0. The molecule has 0 aliphatic carbocycles. The molecule has 19 heavy (non-hydrogen) atoms. The number of rotatable bonds is 8. The second-order valence-corrected chi connectivity index (χ2v) is 4.59. The minimum absolute atomic E-state index is 0.0759. The molecule has 0 saturated carbocycles. The molecule has 0 aliphatic heterocycles. The molecule has 1 rings (SSSR count). The van der Waals surface area contributed by atoms with Gasteiger partial charge in [0, 0.05) is 31.8 Å². The zero-order valence-corrected chi connectivity index (χ0v) is 11.9. The van der Waals surface area contributed by atoms with Crippen molar-refractivity contribution in [1.29, 1.82) is 0 Å². The Morgan fingerprint density at radius 2 is 2.26 bits per heavy atom. The summed E-state index contributed by atoms with van der Waals surface area (Å²) in [6.45, 7) is 5.46. The molecule has 0 unspecified atom stereocenters. The molecule has 0 saturated heterocycles. The van der Waals surface area contributed by atoms with E-state index in [2.05, 4.69) is 15.6 Å². The Morgan fingerprint density at radius 1 is 1.47 bits per heavy atom. The molecule has 5 nitrogen and oxygen atoms in total. The molecule has 2 N–H and O–H groups in total. The maximum absolute atomic E-state index is 11.1. The summed E-state index contributed by atoms with van der Waals surface area (Å²) in [5, 5.41) is 5.90. The first-order chi connectivity index (χ1) is 9.13. The van der Waals surface area contributed by atoms with E-state index >= 15 is 0 Å². The summed E-state index contributed by atoms with van der Waals surface area (Å²) in [5.41, 5.74) is 1.04. The van der Waals surface area contributed by atoms with Crippen LogP contribution in [-0.4, -0.2) is 30.6 Å². The molecule has 0 atom stereocenters. The third-order valence-electron chi connectivity index (χ3n) is 2.55. The quantitative estimate of drug-likeness (QED) is 0.699. The topological polar surface area (TPSA) is 63.2 Å². The molecule has 1 aromatic rings. The Morgan fingerprint density at radius 3 is 2.95 bits per heavy atom. The number of carbonyl (C=O) groups is 1. The van der Waals surface area contributed by atoms with Crippen molar-refractivity contribution in [2.45, 2.75) is 39.3 Å². The van der Waals surface area contributed by atoms with E-state index in [1.165, 1.54) is 0 Å². The Hall–Kier alpha value is -1.62. The number of ether oxygens (including phenoxy) is 1. The fraction of sp³-hybridized carbons (Fsp3) is 0.571. The van der Waals surface area contributed by atoms with Gasteiger partial charge in [0.15, 0.2) is 0 Å². The normalized spacial score (nSPS) is 10.5. The molecule has 0 bridgehead atoms. The second-order valence-electron chi connectivity index (χ2n) is 4.59. The Labute approximate surface area is 114 Å². The van der Waals surface area contributed by atoms with Crippen LogP contribution in [0, 0.1) is 0 Å². The van der Waals surface area contributed by atoms with Crippen molar-refractivity contribution in [1.82, 2.24) is 15.6 Å². The third kappa shape index (κ3) is 6.20. The molecule has 0 aliphatic rings. The zero-order valence-electron chi connectivity index (χ0n) is 11.9. The highest BCUT2D eigenvalue weighted by atomic mass is 16.5. The van der Waals surface area contributed by atoms with E-state index in [4.69, 9.17) is 4.74 Å². The van der Waals surface area contributed by atoms with Gasteiger partial charge < -0.3 is 15.4 Å². The second kappa shape index (κ2) is 8.48. The summed E-state index contributed by atoms with van der Waals surface area (Å²) in [6.07, 6.45) is 3.21. The van der Waals surface area contributed by atoms with Gasteiger partial charge in [0.05, 0.1) is 6.10 Å². The van der Waals surface area contributed by atoms with Gasteiger partial charge in [0.1, 0.15) is 0 Å². The van der Waals surface area contributed by atoms with Gasteiger partial charge >= 0.3 is 0 Å². The van der Waals surface area contributed by atoms with E-state index in [-0.39, 0.29) is 12.0 Å². The van der Waals surface area contributed by atoms with Crippen molar-refractivity contribution >= 4 is 5.91 Å². The largest absolute Gasteiger partial charge is 0.475 e. The standard InChI is InChI=1S/C14H23N3O2/c1-11(2)19-14-12(6-4-9-17-14)10-16-8-5-7-13(18)15-3/h4,6,9,11,16H,5,7-8,10H2,1-3H3,(H,15,18). The monoisotopic (exact) mass is 265 g/mol. The van der Waals surface area contributed by atoms with Gasteiger partial charge in [0.2, 0.25) is 11.8 Å². The smallest absolute Gasteiger partial charge is 0.219 e. The number of hydrogen-bond acceptors (Lipinski definition) is 4. The molecule has 0 spiro atoms. The van der Waals surface area contributed by atoms with Crippen molar-refractivity contribution in [3.63, 3.8) is 0 Å². The number of nitrogens with one attached hydrogen (secondary N) is 2. The van der Waals surface area contributed by atoms with Crippen LogP contribution in [0.2, 0.25) is 0 Å². The average molecular weight is 265 g/mol. The Bertz CT molecular complexity index is 394. The van der Waals surface area contributed by atoms with Gasteiger partial charge in [0.25, 0.3) is 0 Å². The predicted molar refractivity (Wildman–Crippen MR) is 75.0 cm³/mol. The lowest BCUT2D eigenvalue weighted by Crippen LogP contribution is -2.21. The van der Waals surface area contributed by atoms with E-state index in [1.807, 2.05) is 26.0 Å². The van der Waals surface area contributed by atoms with Gasteiger partial charge in [-0.3, -0.25) is 4.79 Å². The fourth-order valence-corrected chi connectivity index (χ4v) is 1.61. The van der Waals surface area contributed by atoms with Crippen LogP contribution in [0.5, 0.6) is 5.88 Å². The lowest BCUT2D eigenvalue weighted by Gasteiger charge is -2.13. The van der Waals surface area contributed by atoms with Gasteiger partial charge in [-0.1, -0.05) is 6.07 Å². The van der Waals surface area contributed by atoms with Crippen LogP contribution < -0.4 is 15.4 Å². The molecule has 5 heteroatoms. The van der Waals surface area contributed by atoms with Gasteiger partial charge in [-0.25, -0.2) is 4.98 Å². The van der Waals surface area contributed by atoms with E-state index in [0.717, 1.165) is 18.5 Å². The van der Waals surface area contributed by atoms with E-state index < -0.39 is 0 Å². The molecule has 106 valence electrons. The van der Waals surface area contributed by atoms with Crippen molar-refractivity contribution in [3.8, 4) is 5.88 Å². The van der Waals surface area contributed by atoms with Crippen molar-refractivity contribution in [2.75, 3.05) is 13.6 Å². The summed E-state index contributed by atoms with van der Waals surface area (Å²) in [6, 6.07) is 3.89. The maximum atomic E-state index is 11.1. The highest BCUT2D eigenvalue weighted by molar-refractivity contribution is 5.75. The lowest BCUT2D eigenvalue weighted by atomic mass is 10.2. The van der Waals surface area contributed by atoms with E-state index in [1.54, 1.807) is 13.2 Å².